The first-order valence-corrected chi connectivity index (χ1v) is 18.5. The van der Waals surface area contributed by atoms with E-state index >= 15 is 0 Å². The smallest absolute Gasteiger partial charge is 0.145 e. The average Bonchev–Trinajstić information content (AvgIpc) is 3.92. The molecule has 0 aliphatic carbocycles. The number of nitrogens with zero attached hydrogens (tertiary/aromatic N) is 5. The van der Waals surface area contributed by atoms with Crippen molar-refractivity contribution in [2.45, 2.75) is 0 Å². The zero-order chi connectivity index (χ0) is 38.7. The van der Waals surface area contributed by atoms with Crippen LogP contribution in [0.4, 0.5) is 17.1 Å². The SMILES string of the molecule is [2H]C([2H])([2H])N1CN(c2cc(Oc3ccc4c5cccc6c5n(c4c3)c3ncccc3c3cccc4c5ccccc5n6c43)cc(-c3ccccc3)c2)c2ccccc21. The summed E-state index contributed by atoms with van der Waals surface area (Å²) in [5.41, 5.74) is 10.6. The van der Waals surface area contributed by atoms with Crippen LogP contribution in [0.5, 0.6) is 11.5 Å². The Labute approximate surface area is 320 Å². The first-order chi connectivity index (χ1) is 28.4. The van der Waals surface area contributed by atoms with E-state index in [4.69, 9.17) is 13.8 Å². The van der Waals surface area contributed by atoms with Gasteiger partial charge in [0, 0.05) is 67.4 Å². The average molecular weight is 711 g/mol. The molecule has 260 valence electrons. The molecule has 11 aromatic rings. The molecule has 0 fully saturated rings. The van der Waals surface area contributed by atoms with E-state index in [0.29, 0.717) is 17.2 Å². The molecular weight excluding hydrogens is 675 g/mol. The molecule has 12 rings (SSSR count). The molecule has 0 saturated carbocycles. The summed E-state index contributed by atoms with van der Waals surface area (Å²) in [6.45, 7) is -2.12. The third-order valence-corrected chi connectivity index (χ3v) is 11.3. The molecule has 0 atom stereocenters. The summed E-state index contributed by atoms with van der Waals surface area (Å²) in [5, 5.41) is 6.81. The maximum absolute atomic E-state index is 8.30. The quantitative estimate of drug-likeness (QED) is 0.182. The molecule has 0 bridgehead atoms. The van der Waals surface area contributed by atoms with Crippen molar-refractivity contribution in [1.82, 2.24) is 13.8 Å². The molecule has 6 nitrogen and oxygen atoms in total. The Morgan fingerprint density at radius 3 is 2.11 bits per heavy atom. The maximum Gasteiger partial charge on any atom is 0.145 e. The fraction of sp³-hybridized carbons (Fsp3) is 0.0408. The lowest BCUT2D eigenvalue weighted by Crippen LogP contribution is -2.24. The third kappa shape index (κ3) is 4.33. The summed E-state index contributed by atoms with van der Waals surface area (Å²) in [5.74, 6) is 1.31. The Balaban J connectivity index is 1.10. The van der Waals surface area contributed by atoms with Crippen LogP contribution in [0.2, 0.25) is 0 Å². The van der Waals surface area contributed by atoms with Gasteiger partial charge in [-0.1, -0.05) is 91.0 Å². The summed E-state index contributed by atoms with van der Waals surface area (Å²) < 4.78 is 36.5. The second-order valence-electron chi connectivity index (χ2n) is 14.3. The second kappa shape index (κ2) is 11.3. The number of ether oxygens (including phenoxy) is 1. The van der Waals surface area contributed by atoms with Crippen LogP contribution < -0.4 is 14.5 Å². The third-order valence-electron chi connectivity index (χ3n) is 11.3. The van der Waals surface area contributed by atoms with Gasteiger partial charge in [0.15, 0.2) is 0 Å². The number of rotatable bonds is 4. The van der Waals surface area contributed by atoms with Gasteiger partial charge in [-0.2, -0.15) is 0 Å². The van der Waals surface area contributed by atoms with Gasteiger partial charge in [0.25, 0.3) is 0 Å². The minimum absolute atomic E-state index is 0.181. The van der Waals surface area contributed by atoms with E-state index in [0.717, 1.165) is 71.8 Å². The standard InChI is InChI=1S/C49H33N5O/c1-51-30-52(44-21-8-7-20-43(44)51)33-26-32(31-12-3-2-4-13-31)27-35(28-33)55-34-23-24-37-39-17-10-22-45-48(39)54(46(37)29-34)49-41(18-11-25-50-49)40-16-9-15-38-36-14-5-6-19-42(36)53(45)47(38)40/h2-29H,30H2,1H3/i1D3. The highest BCUT2D eigenvalue weighted by Crippen LogP contribution is 2.44. The van der Waals surface area contributed by atoms with E-state index < -0.39 is 6.98 Å². The molecule has 1 aliphatic rings. The number of pyridine rings is 1. The van der Waals surface area contributed by atoms with Crippen molar-refractivity contribution in [2.24, 2.45) is 0 Å². The van der Waals surface area contributed by atoms with Crippen LogP contribution in [0.3, 0.4) is 0 Å². The van der Waals surface area contributed by atoms with E-state index in [-0.39, 0.29) is 6.67 Å². The van der Waals surface area contributed by atoms with Gasteiger partial charge in [-0.3, -0.25) is 4.40 Å². The topological polar surface area (TPSA) is 37.4 Å². The Kier molecular flexibility index (Phi) is 5.63. The van der Waals surface area contributed by atoms with Crippen LogP contribution in [0.25, 0.3) is 76.7 Å². The predicted molar refractivity (Wildman–Crippen MR) is 227 cm³/mol. The molecule has 0 radical (unpaired) electrons. The van der Waals surface area contributed by atoms with E-state index in [1.54, 1.807) is 0 Å². The molecule has 4 aromatic heterocycles. The highest BCUT2D eigenvalue weighted by atomic mass is 16.5. The van der Waals surface area contributed by atoms with E-state index in [2.05, 4.69) is 112 Å². The van der Waals surface area contributed by atoms with Crippen molar-refractivity contribution in [1.29, 1.82) is 0 Å². The number of benzene rings is 7. The van der Waals surface area contributed by atoms with Gasteiger partial charge < -0.3 is 18.9 Å². The molecule has 55 heavy (non-hydrogen) atoms. The fourth-order valence-electron chi connectivity index (χ4n) is 8.93. The number of fused-ring (bicyclic) bond motifs is 11. The van der Waals surface area contributed by atoms with Gasteiger partial charge in [-0.05, 0) is 71.8 Å². The minimum Gasteiger partial charge on any atom is -0.457 e. The van der Waals surface area contributed by atoms with Crippen LogP contribution in [0.15, 0.2) is 170 Å². The summed E-state index contributed by atoms with van der Waals surface area (Å²) in [6, 6.07) is 56.3. The summed E-state index contributed by atoms with van der Waals surface area (Å²) >= 11 is 0. The van der Waals surface area contributed by atoms with E-state index in [9.17, 15) is 0 Å². The highest BCUT2D eigenvalue weighted by Gasteiger charge is 2.25. The van der Waals surface area contributed by atoms with Gasteiger partial charge in [0.05, 0.1) is 45.6 Å². The van der Waals surface area contributed by atoms with Crippen LogP contribution in [-0.4, -0.2) is 27.4 Å². The van der Waals surface area contributed by atoms with Crippen molar-refractivity contribution in [3.05, 3.63) is 170 Å². The molecule has 0 saturated heterocycles. The molecule has 1 aliphatic heterocycles. The van der Waals surface area contributed by atoms with Crippen molar-refractivity contribution in [2.75, 3.05) is 23.4 Å². The van der Waals surface area contributed by atoms with Crippen molar-refractivity contribution in [3.63, 3.8) is 0 Å². The van der Waals surface area contributed by atoms with Gasteiger partial charge in [0.2, 0.25) is 0 Å². The van der Waals surface area contributed by atoms with Crippen LogP contribution in [0.1, 0.15) is 4.11 Å². The zero-order valence-corrected chi connectivity index (χ0v) is 29.5. The van der Waals surface area contributed by atoms with Crippen molar-refractivity contribution in [3.8, 4) is 22.6 Å². The first kappa shape index (κ1) is 27.3. The zero-order valence-electron chi connectivity index (χ0n) is 32.5. The Hall–Kier alpha value is -7.31. The Bertz CT molecular complexity index is 3480. The molecule has 0 N–H and O–H groups in total. The fourth-order valence-corrected chi connectivity index (χ4v) is 8.93. The molecule has 0 spiro atoms. The van der Waals surface area contributed by atoms with E-state index in [1.165, 1.54) is 21.2 Å². The van der Waals surface area contributed by atoms with Crippen molar-refractivity contribution < 1.29 is 8.85 Å². The number of para-hydroxylation sites is 5. The minimum atomic E-state index is -2.30. The lowest BCUT2D eigenvalue weighted by molar-refractivity contribution is 0.483. The Morgan fingerprint density at radius 1 is 0.509 bits per heavy atom. The van der Waals surface area contributed by atoms with Crippen LogP contribution >= 0.6 is 0 Å². The second-order valence-corrected chi connectivity index (χ2v) is 14.3. The number of aromatic nitrogens is 3. The maximum atomic E-state index is 8.30. The summed E-state index contributed by atoms with van der Waals surface area (Å²) in [4.78, 5) is 8.62. The van der Waals surface area contributed by atoms with Gasteiger partial charge >= 0.3 is 0 Å². The lowest BCUT2D eigenvalue weighted by Gasteiger charge is -2.21. The molecule has 5 heterocycles. The normalized spacial score (nSPS) is 14.1. The van der Waals surface area contributed by atoms with E-state index in [1.807, 2.05) is 71.8 Å². The van der Waals surface area contributed by atoms with Crippen LogP contribution in [-0.2, 0) is 0 Å². The molecule has 0 amide bonds. The van der Waals surface area contributed by atoms with Crippen LogP contribution in [0, 0.1) is 0 Å². The molecule has 7 aromatic carbocycles. The lowest BCUT2D eigenvalue weighted by atomic mass is 10.0. The summed E-state index contributed by atoms with van der Waals surface area (Å²) in [6.07, 6.45) is 1.87. The predicted octanol–water partition coefficient (Wildman–Crippen LogP) is 12.4. The van der Waals surface area contributed by atoms with Gasteiger partial charge in [0.1, 0.15) is 17.1 Å². The molecular formula is C49H33N5O. The molecule has 0 unspecified atom stereocenters. The highest BCUT2D eigenvalue weighted by molar-refractivity contribution is 6.23. The number of hydrogen-bond donors (Lipinski definition) is 0. The first-order valence-electron chi connectivity index (χ1n) is 20.0. The largest absolute Gasteiger partial charge is 0.457 e. The van der Waals surface area contributed by atoms with Gasteiger partial charge in [-0.15, -0.1) is 0 Å². The Morgan fingerprint density at radius 2 is 1.22 bits per heavy atom. The summed E-state index contributed by atoms with van der Waals surface area (Å²) in [7, 11) is 0. The van der Waals surface area contributed by atoms with Crippen molar-refractivity contribution >= 4 is 82.6 Å². The number of hydrogen-bond acceptors (Lipinski definition) is 4. The monoisotopic (exact) mass is 710 g/mol. The number of anilines is 3. The van der Waals surface area contributed by atoms with Gasteiger partial charge in [-0.25, -0.2) is 4.98 Å². The molecule has 6 heteroatoms.